The summed E-state index contributed by atoms with van der Waals surface area (Å²) in [6.45, 7) is 3.31. The number of aliphatic carboxylic acids is 1. The first kappa shape index (κ1) is 20.1. The second-order valence-electron chi connectivity index (χ2n) is 4.51. The van der Waals surface area contributed by atoms with Gasteiger partial charge in [0.2, 0.25) is 0 Å². The molecule has 0 radical (unpaired) electrons. The molecule has 0 aliphatic heterocycles. The smallest absolute Gasteiger partial charge is 0.300 e. The fourth-order valence-corrected chi connectivity index (χ4v) is 1.51. The Morgan fingerprint density at radius 1 is 0.895 bits per heavy atom. The molecule has 2 N–H and O–H groups in total. The standard InChI is InChI=1S/C14H26O.C2H4O2/c1-2-3-4-5-6-7-8-9-10-11-12-13-14-15;1-2(3)4/h5-6,13-15H,2-4,7-12H2,1H3;1H3,(H,3,4). The molecule has 0 aliphatic rings. The molecule has 0 saturated heterocycles. The van der Waals surface area contributed by atoms with E-state index < -0.39 is 5.97 Å². The van der Waals surface area contributed by atoms with Gasteiger partial charge in [0.1, 0.15) is 0 Å². The molecule has 3 heteroatoms. The molecule has 0 unspecified atom stereocenters. The SMILES string of the molecule is CC(=O)O.CCCCC=CCCCCCCC=CO. The Balaban J connectivity index is 0. The maximum absolute atomic E-state index is 9.00. The zero-order valence-corrected chi connectivity index (χ0v) is 12.5. The second kappa shape index (κ2) is 19.1. The van der Waals surface area contributed by atoms with Gasteiger partial charge in [-0.15, -0.1) is 0 Å². The fourth-order valence-electron chi connectivity index (χ4n) is 1.51. The Kier molecular flexibility index (Phi) is 20.2. The third-order valence-corrected chi connectivity index (χ3v) is 2.49. The van der Waals surface area contributed by atoms with Crippen LogP contribution in [0.5, 0.6) is 0 Å². The number of rotatable bonds is 10. The second-order valence-corrected chi connectivity index (χ2v) is 4.51. The van der Waals surface area contributed by atoms with Crippen molar-refractivity contribution in [2.24, 2.45) is 0 Å². The number of aliphatic hydroxyl groups is 1. The first-order valence-electron chi connectivity index (χ1n) is 7.28. The average Bonchev–Trinajstić information content (AvgIpc) is 2.35. The molecule has 0 atom stereocenters. The van der Waals surface area contributed by atoms with E-state index in [4.69, 9.17) is 15.0 Å². The number of hydrogen-bond acceptors (Lipinski definition) is 2. The van der Waals surface area contributed by atoms with Gasteiger partial charge < -0.3 is 10.2 Å². The Morgan fingerprint density at radius 3 is 1.74 bits per heavy atom. The summed E-state index contributed by atoms with van der Waals surface area (Å²) in [5.74, 6) is -0.833. The minimum atomic E-state index is -0.833. The molecule has 19 heavy (non-hydrogen) atoms. The van der Waals surface area contributed by atoms with Crippen LogP contribution in [0.25, 0.3) is 0 Å². The molecular formula is C16H30O3. The number of allylic oxidation sites excluding steroid dienone is 3. The number of hydrogen-bond donors (Lipinski definition) is 2. The molecule has 3 nitrogen and oxygen atoms in total. The minimum Gasteiger partial charge on any atom is -0.516 e. The Bertz CT molecular complexity index is 228. The highest BCUT2D eigenvalue weighted by Gasteiger charge is 1.87. The summed E-state index contributed by atoms with van der Waals surface area (Å²) in [5, 5.41) is 15.8. The van der Waals surface area contributed by atoms with Gasteiger partial charge in [-0.1, -0.05) is 50.8 Å². The van der Waals surface area contributed by atoms with E-state index in [2.05, 4.69) is 19.1 Å². The van der Waals surface area contributed by atoms with Crippen molar-refractivity contribution < 1.29 is 15.0 Å². The maximum Gasteiger partial charge on any atom is 0.300 e. The fraction of sp³-hybridized carbons (Fsp3) is 0.688. The normalized spacial score (nSPS) is 10.6. The number of unbranched alkanes of at least 4 members (excludes halogenated alkanes) is 7. The van der Waals surface area contributed by atoms with Gasteiger partial charge in [-0.3, -0.25) is 4.79 Å². The zero-order chi connectivity index (χ0) is 14.8. The molecule has 0 aromatic rings. The topological polar surface area (TPSA) is 57.5 Å². The number of carboxylic acid groups (broad SMARTS) is 1. The van der Waals surface area contributed by atoms with Gasteiger partial charge in [-0.05, 0) is 32.1 Å². The number of carboxylic acids is 1. The number of aliphatic hydroxyl groups excluding tert-OH is 1. The van der Waals surface area contributed by atoms with Crippen LogP contribution in [0.2, 0.25) is 0 Å². The molecular weight excluding hydrogens is 240 g/mol. The van der Waals surface area contributed by atoms with E-state index in [0.29, 0.717) is 0 Å². The third-order valence-electron chi connectivity index (χ3n) is 2.49. The van der Waals surface area contributed by atoms with Gasteiger partial charge in [0, 0.05) is 6.92 Å². The first-order chi connectivity index (χ1) is 9.15. The van der Waals surface area contributed by atoms with Crippen LogP contribution < -0.4 is 0 Å². The molecule has 0 fully saturated rings. The third kappa shape index (κ3) is 31.5. The highest BCUT2D eigenvalue weighted by atomic mass is 16.4. The molecule has 0 aromatic heterocycles. The van der Waals surface area contributed by atoms with Crippen LogP contribution in [0.4, 0.5) is 0 Å². The van der Waals surface area contributed by atoms with E-state index >= 15 is 0 Å². The van der Waals surface area contributed by atoms with E-state index in [1.54, 1.807) is 0 Å². The van der Waals surface area contributed by atoms with Gasteiger partial charge in [0.05, 0.1) is 6.26 Å². The van der Waals surface area contributed by atoms with E-state index in [1.807, 2.05) is 6.08 Å². The summed E-state index contributed by atoms with van der Waals surface area (Å²) >= 11 is 0. The van der Waals surface area contributed by atoms with Crippen molar-refractivity contribution in [3.8, 4) is 0 Å². The van der Waals surface area contributed by atoms with Crippen LogP contribution >= 0.6 is 0 Å². The van der Waals surface area contributed by atoms with Gasteiger partial charge >= 0.3 is 0 Å². The van der Waals surface area contributed by atoms with Crippen molar-refractivity contribution in [3.05, 3.63) is 24.5 Å². The van der Waals surface area contributed by atoms with Crippen LogP contribution in [0.3, 0.4) is 0 Å². The summed E-state index contributed by atoms with van der Waals surface area (Å²) in [6.07, 6.45) is 18.8. The molecule has 0 aromatic carbocycles. The van der Waals surface area contributed by atoms with E-state index in [-0.39, 0.29) is 0 Å². The van der Waals surface area contributed by atoms with Crippen LogP contribution in [0.1, 0.15) is 71.6 Å². The molecule has 0 spiro atoms. The van der Waals surface area contributed by atoms with E-state index in [1.165, 1.54) is 51.4 Å². The molecule has 0 heterocycles. The molecule has 112 valence electrons. The van der Waals surface area contributed by atoms with Gasteiger partial charge in [-0.2, -0.15) is 0 Å². The monoisotopic (exact) mass is 270 g/mol. The van der Waals surface area contributed by atoms with Gasteiger partial charge in [-0.25, -0.2) is 0 Å². The highest BCUT2D eigenvalue weighted by Crippen LogP contribution is 2.06. The molecule has 0 rings (SSSR count). The van der Waals surface area contributed by atoms with Crippen LogP contribution in [-0.2, 0) is 4.79 Å². The van der Waals surface area contributed by atoms with Crippen LogP contribution in [-0.4, -0.2) is 16.2 Å². The lowest BCUT2D eigenvalue weighted by atomic mass is 10.1. The van der Waals surface area contributed by atoms with E-state index in [0.717, 1.165) is 19.6 Å². The van der Waals surface area contributed by atoms with Crippen molar-refractivity contribution in [2.45, 2.75) is 71.6 Å². The molecule has 0 amide bonds. The quantitative estimate of drug-likeness (QED) is 0.324. The lowest BCUT2D eigenvalue weighted by molar-refractivity contribution is -0.134. The van der Waals surface area contributed by atoms with Crippen molar-refractivity contribution >= 4 is 5.97 Å². The van der Waals surface area contributed by atoms with Crippen molar-refractivity contribution in [1.82, 2.24) is 0 Å². The summed E-state index contributed by atoms with van der Waals surface area (Å²) in [6, 6.07) is 0. The summed E-state index contributed by atoms with van der Waals surface area (Å²) in [5.41, 5.74) is 0. The molecule has 0 bridgehead atoms. The lowest BCUT2D eigenvalue weighted by Crippen LogP contribution is -1.78. The summed E-state index contributed by atoms with van der Waals surface area (Å²) in [7, 11) is 0. The Morgan fingerprint density at radius 2 is 1.32 bits per heavy atom. The predicted molar refractivity (Wildman–Crippen MR) is 81.4 cm³/mol. The van der Waals surface area contributed by atoms with Crippen molar-refractivity contribution in [2.75, 3.05) is 0 Å². The molecule has 0 saturated carbocycles. The zero-order valence-electron chi connectivity index (χ0n) is 12.5. The highest BCUT2D eigenvalue weighted by molar-refractivity contribution is 5.62. The van der Waals surface area contributed by atoms with Crippen LogP contribution in [0.15, 0.2) is 24.5 Å². The van der Waals surface area contributed by atoms with Crippen molar-refractivity contribution in [3.63, 3.8) is 0 Å². The van der Waals surface area contributed by atoms with E-state index in [9.17, 15) is 0 Å². The Hall–Kier alpha value is -1.25. The van der Waals surface area contributed by atoms with Crippen molar-refractivity contribution in [1.29, 1.82) is 0 Å². The number of carbonyl (C=O) groups is 1. The van der Waals surface area contributed by atoms with Gasteiger partial charge in [0.15, 0.2) is 0 Å². The van der Waals surface area contributed by atoms with Crippen LogP contribution in [0, 0.1) is 0 Å². The average molecular weight is 270 g/mol. The first-order valence-corrected chi connectivity index (χ1v) is 7.28. The minimum absolute atomic E-state index is 0.833. The summed E-state index contributed by atoms with van der Waals surface area (Å²) < 4.78 is 0. The summed E-state index contributed by atoms with van der Waals surface area (Å²) in [4.78, 5) is 9.00. The molecule has 0 aliphatic carbocycles. The Labute approximate surface area is 118 Å². The lowest BCUT2D eigenvalue weighted by Gasteiger charge is -1.96. The predicted octanol–water partition coefficient (Wildman–Crippen LogP) is 5.24. The largest absolute Gasteiger partial charge is 0.516 e. The maximum atomic E-state index is 9.00. The van der Waals surface area contributed by atoms with Gasteiger partial charge in [0.25, 0.3) is 5.97 Å².